The Bertz CT molecular complexity index is 944. The lowest BCUT2D eigenvalue weighted by Gasteiger charge is -2.34. The molecule has 9 nitrogen and oxygen atoms in total. The molecule has 2 aliphatic heterocycles. The molecule has 10 heteroatoms. The van der Waals surface area contributed by atoms with Gasteiger partial charge in [-0.25, -0.2) is 14.8 Å². The number of nitrogens with zero attached hydrogens (tertiary/aromatic N) is 6. The number of piperidine rings is 1. The van der Waals surface area contributed by atoms with Crippen molar-refractivity contribution >= 4 is 29.2 Å². The average molecular weight is 441 g/mol. The number of amides is 2. The van der Waals surface area contributed by atoms with Crippen LogP contribution >= 0.6 is 11.3 Å². The second-order valence-electron chi connectivity index (χ2n) is 7.43. The van der Waals surface area contributed by atoms with Crippen molar-refractivity contribution in [3.05, 3.63) is 34.7 Å². The summed E-state index contributed by atoms with van der Waals surface area (Å²) in [5.74, 6) is 3.35. The van der Waals surface area contributed by atoms with E-state index in [2.05, 4.69) is 25.8 Å². The van der Waals surface area contributed by atoms with Crippen LogP contribution in [0.5, 0.6) is 0 Å². The molecule has 4 heterocycles. The van der Waals surface area contributed by atoms with E-state index in [0.29, 0.717) is 31.9 Å². The van der Waals surface area contributed by atoms with Crippen molar-refractivity contribution in [1.82, 2.24) is 24.8 Å². The Kier molecular flexibility index (Phi) is 6.62. The van der Waals surface area contributed by atoms with Crippen molar-refractivity contribution in [3.63, 3.8) is 0 Å². The number of hydrogen-bond acceptors (Lipinski definition) is 8. The standard InChI is InChI=1S/C21H24N6O3S/c1-2-13-30-21(29)27-7-3-16(4-8-27)19-24-17(15-31-19)20(28)26-11-9-25(10-12-26)18-14-22-5-6-23-18/h1,5-6,14-16H,3-4,7-13H2. The fourth-order valence-corrected chi connectivity index (χ4v) is 4.80. The first-order valence-corrected chi connectivity index (χ1v) is 11.1. The van der Waals surface area contributed by atoms with Gasteiger partial charge in [0.2, 0.25) is 0 Å². The van der Waals surface area contributed by atoms with Gasteiger partial charge < -0.3 is 19.4 Å². The summed E-state index contributed by atoms with van der Waals surface area (Å²) in [5, 5.41) is 2.80. The van der Waals surface area contributed by atoms with Crippen LogP contribution in [0.1, 0.15) is 34.3 Å². The molecule has 0 aromatic carbocycles. The topological polar surface area (TPSA) is 91.8 Å². The van der Waals surface area contributed by atoms with Crippen LogP contribution in [-0.4, -0.2) is 82.6 Å². The van der Waals surface area contributed by atoms with Gasteiger partial charge in [0, 0.05) is 63.0 Å². The first-order valence-electron chi connectivity index (χ1n) is 10.3. The smallest absolute Gasteiger partial charge is 0.410 e. The van der Waals surface area contributed by atoms with Crippen molar-refractivity contribution < 1.29 is 14.3 Å². The van der Waals surface area contributed by atoms with Crippen LogP contribution in [0.25, 0.3) is 0 Å². The number of hydrogen-bond donors (Lipinski definition) is 0. The number of likely N-dealkylation sites (tertiary alicyclic amines) is 1. The number of anilines is 1. The molecule has 0 radical (unpaired) electrons. The number of rotatable bonds is 4. The maximum absolute atomic E-state index is 12.9. The minimum absolute atomic E-state index is 0.0102. The van der Waals surface area contributed by atoms with E-state index in [1.54, 1.807) is 23.5 Å². The molecule has 2 fully saturated rings. The Morgan fingerprint density at radius 3 is 2.58 bits per heavy atom. The third-order valence-corrected chi connectivity index (χ3v) is 6.57. The Morgan fingerprint density at radius 1 is 1.13 bits per heavy atom. The Balaban J connectivity index is 1.29. The molecule has 0 atom stereocenters. The van der Waals surface area contributed by atoms with Gasteiger partial charge in [-0.15, -0.1) is 17.8 Å². The van der Waals surface area contributed by atoms with Gasteiger partial charge in [-0.3, -0.25) is 9.78 Å². The van der Waals surface area contributed by atoms with Gasteiger partial charge in [0.25, 0.3) is 5.91 Å². The maximum atomic E-state index is 12.9. The van der Waals surface area contributed by atoms with E-state index < -0.39 is 0 Å². The van der Waals surface area contributed by atoms with Gasteiger partial charge in [-0.05, 0) is 12.8 Å². The summed E-state index contributed by atoms with van der Waals surface area (Å²) in [6, 6.07) is 0. The number of piperazine rings is 1. The Labute approximate surface area is 185 Å². The second kappa shape index (κ2) is 9.75. The van der Waals surface area contributed by atoms with Crippen molar-refractivity contribution in [1.29, 1.82) is 0 Å². The molecule has 2 saturated heterocycles. The zero-order chi connectivity index (χ0) is 21.6. The van der Waals surface area contributed by atoms with Gasteiger partial charge in [0.05, 0.1) is 11.2 Å². The molecule has 31 heavy (non-hydrogen) atoms. The van der Waals surface area contributed by atoms with E-state index in [4.69, 9.17) is 11.2 Å². The van der Waals surface area contributed by atoms with E-state index >= 15 is 0 Å². The van der Waals surface area contributed by atoms with Crippen molar-refractivity contribution in [2.75, 3.05) is 50.8 Å². The lowest BCUT2D eigenvalue weighted by Crippen LogP contribution is -2.49. The minimum atomic E-state index is -0.368. The van der Waals surface area contributed by atoms with E-state index in [9.17, 15) is 9.59 Å². The summed E-state index contributed by atoms with van der Waals surface area (Å²) in [6.07, 6.45) is 11.4. The minimum Gasteiger partial charge on any atom is -0.436 e. The van der Waals surface area contributed by atoms with Crippen LogP contribution in [0.3, 0.4) is 0 Å². The van der Waals surface area contributed by atoms with Crippen LogP contribution in [0.15, 0.2) is 24.0 Å². The summed E-state index contributed by atoms with van der Waals surface area (Å²) < 4.78 is 4.99. The zero-order valence-corrected chi connectivity index (χ0v) is 18.0. The number of carbonyl (C=O) groups is 2. The lowest BCUT2D eigenvalue weighted by atomic mass is 9.98. The monoisotopic (exact) mass is 440 g/mol. The van der Waals surface area contributed by atoms with Crippen LogP contribution in [0.4, 0.5) is 10.6 Å². The molecule has 0 bridgehead atoms. The first-order chi connectivity index (χ1) is 15.2. The zero-order valence-electron chi connectivity index (χ0n) is 17.1. The van der Waals surface area contributed by atoms with E-state index in [1.165, 1.54) is 11.3 Å². The quantitative estimate of drug-likeness (QED) is 0.670. The molecule has 0 saturated carbocycles. The molecule has 4 rings (SSSR count). The number of carbonyl (C=O) groups excluding carboxylic acids is 2. The fraction of sp³-hybridized carbons (Fsp3) is 0.476. The molecule has 0 spiro atoms. The SMILES string of the molecule is C#CCOC(=O)N1CCC(c2nc(C(=O)N3CCN(c4cnccn4)CC3)cs2)CC1. The molecule has 0 unspecified atom stereocenters. The summed E-state index contributed by atoms with van der Waals surface area (Å²) in [7, 11) is 0. The largest absolute Gasteiger partial charge is 0.436 e. The first kappa shape index (κ1) is 21.1. The highest BCUT2D eigenvalue weighted by molar-refractivity contribution is 7.09. The predicted molar refractivity (Wildman–Crippen MR) is 116 cm³/mol. The molecule has 162 valence electrons. The Hall–Kier alpha value is -3.19. The van der Waals surface area contributed by atoms with E-state index in [1.807, 2.05) is 10.3 Å². The maximum Gasteiger partial charge on any atom is 0.410 e. The van der Waals surface area contributed by atoms with E-state index in [0.717, 1.165) is 36.8 Å². The summed E-state index contributed by atoms with van der Waals surface area (Å²) in [4.78, 5) is 43.5. The lowest BCUT2D eigenvalue weighted by molar-refractivity contribution is 0.0741. The van der Waals surface area contributed by atoms with Gasteiger partial charge in [0.15, 0.2) is 6.61 Å². The molecule has 2 aliphatic rings. The second-order valence-corrected chi connectivity index (χ2v) is 8.32. The fourth-order valence-electron chi connectivity index (χ4n) is 3.83. The van der Waals surface area contributed by atoms with Crippen molar-refractivity contribution in [3.8, 4) is 12.3 Å². The molecule has 0 aliphatic carbocycles. The van der Waals surface area contributed by atoms with Crippen molar-refractivity contribution in [2.45, 2.75) is 18.8 Å². The highest BCUT2D eigenvalue weighted by Gasteiger charge is 2.29. The summed E-state index contributed by atoms with van der Waals surface area (Å²) >= 11 is 1.52. The third kappa shape index (κ3) is 4.94. The molecule has 0 N–H and O–H groups in total. The molecule has 2 amide bonds. The highest BCUT2D eigenvalue weighted by atomic mass is 32.1. The van der Waals surface area contributed by atoms with Crippen LogP contribution in [0.2, 0.25) is 0 Å². The average Bonchev–Trinajstić information content (AvgIpc) is 3.33. The van der Waals surface area contributed by atoms with Crippen LogP contribution in [0, 0.1) is 12.3 Å². The van der Waals surface area contributed by atoms with Gasteiger partial charge in [-0.2, -0.15) is 0 Å². The third-order valence-electron chi connectivity index (χ3n) is 5.56. The normalized spacial score (nSPS) is 17.3. The molecule has 2 aromatic rings. The van der Waals surface area contributed by atoms with Gasteiger partial charge >= 0.3 is 6.09 Å². The van der Waals surface area contributed by atoms with E-state index in [-0.39, 0.29) is 24.5 Å². The Morgan fingerprint density at radius 2 is 1.90 bits per heavy atom. The molecular weight excluding hydrogens is 416 g/mol. The summed E-state index contributed by atoms with van der Waals surface area (Å²) in [5.41, 5.74) is 0.504. The number of ether oxygens (including phenoxy) is 1. The molecule has 2 aromatic heterocycles. The van der Waals surface area contributed by atoms with Crippen LogP contribution in [-0.2, 0) is 4.74 Å². The highest BCUT2D eigenvalue weighted by Crippen LogP contribution is 2.31. The van der Waals surface area contributed by atoms with Crippen molar-refractivity contribution in [2.24, 2.45) is 0 Å². The van der Waals surface area contributed by atoms with Crippen LogP contribution < -0.4 is 4.90 Å². The number of aromatic nitrogens is 3. The summed E-state index contributed by atoms with van der Waals surface area (Å²) in [6.45, 7) is 3.87. The molecular formula is C21H24N6O3S. The van der Waals surface area contributed by atoms with Gasteiger partial charge in [-0.1, -0.05) is 5.92 Å². The number of terminal acetylenes is 1. The van der Waals surface area contributed by atoms with Gasteiger partial charge in [0.1, 0.15) is 11.5 Å². The number of thiazole rings is 1. The predicted octanol–water partition coefficient (Wildman–Crippen LogP) is 1.84.